The van der Waals surface area contributed by atoms with Crippen LogP contribution in [0.5, 0.6) is 5.75 Å². The number of carbonyl (C=O) groups excluding carboxylic acids is 1. The first-order chi connectivity index (χ1) is 14.6. The molecule has 0 atom stereocenters. The lowest BCUT2D eigenvalue weighted by Crippen LogP contribution is -2.40. The van der Waals surface area contributed by atoms with E-state index in [-0.39, 0.29) is 11.8 Å². The molecule has 0 aliphatic carbocycles. The van der Waals surface area contributed by atoms with Gasteiger partial charge in [-0.2, -0.15) is 5.10 Å². The molecule has 1 N–H and O–H groups in total. The van der Waals surface area contributed by atoms with E-state index in [4.69, 9.17) is 4.74 Å². The van der Waals surface area contributed by atoms with Crippen LogP contribution in [0.3, 0.4) is 0 Å². The van der Waals surface area contributed by atoms with Crippen molar-refractivity contribution in [3.8, 4) is 11.4 Å². The highest BCUT2D eigenvalue weighted by atomic mass is 32.1. The van der Waals surface area contributed by atoms with Crippen LogP contribution in [0.1, 0.15) is 29.2 Å². The highest BCUT2D eigenvalue weighted by Gasteiger charge is 2.25. The fraction of sp³-hybridized carbons (Fsp3) is 0.409. The predicted octanol–water partition coefficient (Wildman–Crippen LogP) is 3.17. The molecule has 3 aromatic rings. The van der Waals surface area contributed by atoms with Crippen LogP contribution < -0.4 is 10.1 Å². The first kappa shape index (κ1) is 20.6. The Morgan fingerprint density at radius 2 is 1.97 bits per heavy atom. The lowest BCUT2D eigenvalue weighted by Gasteiger charge is -2.30. The highest BCUT2D eigenvalue weighted by molar-refractivity contribution is 7.09. The van der Waals surface area contributed by atoms with Gasteiger partial charge in [0.1, 0.15) is 5.75 Å². The molecule has 0 radical (unpaired) electrons. The number of thiazole rings is 1. The summed E-state index contributed by atoms with van der Waals surface area (Å²) in [6, 6.07) is 9.65. The van der Waals surface area contributed by atoms with Gasteiger partial charge >= 0.3 is 0 Å². The molecule has 2 aromatic heterocycles. The molecule has 8 heteroatoms. The highest BCUT2D eigenvalue weighted by Crippen LogP contribution is 2.20. The average Bonchev–Trinajstić information content (AvgIpc) is 3.41. The molecule has 1 aliphatic heterocycles. The first-order valence-electron chi connectivity index (χ1n) is 10.2. The van der Waals surface area contributed by atoms with E-state index in [1.807, 2.05) is 43.5 Å². The van der Waals surface area contributed by atoms with Crippen LogP contribution in [0.15, 0.2) is 41.9 Å². The van der Waals surface area contributed by atoms with Crippen LogP contribution in [-0.4, -0.2) is 45.8 Å². The van der Waals surface area contributed by atoms with Gasteiger partial charge in [-0.1, -0.05) is 0 Å². The van der Waals surface area contributed by atoms with Gasteiger partial charge in [0, 0.05) is 24.0 Å². The van der Waals surface area contributed by atoms with Crippen molar-refractivity contribution in [1.82, 2.24) is 25.0 Å². The quantitative estimate of drug-likeness (QED) is 0.630. The fourth-order valence-corrected chi connectivity index (χ4v) is 4.32. The van der Waals surface area contributed by atoms with E-state index in [0.717, 1.165) is 60.3 Å². The van der Waals surface area contributed by atoms with Gasteiger partial charge < -0.3 is 10.1 Å². The third-order valence-corrected chi connectivity index (χ3v) is 6.26. The number of piperidine rings is 1. The summed E-state index contributed by atoms with van der Waals surface area (Å²) in [4.78, 5) is 19.5. The predicted molar refractivity (Wildman–Crippen MR) is 117 cm³/mol. The molecule has 3 heterocycles. The van der Waals surface area contributed by atoms with Crippen molar-refractivity contribution >= 4 is 17.2 Å². The summed E-state index contributed by atoms with van der Waals surface area (Å²) in [5.74, 6) is 1.01. The van der Waals surface area contributed by atoms with Crippen molar-refractivity contribution in [2.45, 2.75) is 32.9 Å². The monoisotopic (exact) mass is 425 g/mol. The number of benzene rings is 1. The van der Waals surface area contributed by atoms with Crippen LogP contribution in [0, 0.1) is 12.8 Å². The van der Waals surface area contributed by atoms with Crippen LogP contribution in [-0.2, 0) is 17.9 Å². The van der Waals surface area contributed by atoms with E-state index in [9.17, 15) is 4.79 Å². The van der Waals surface area contributed by atoms with Crippen LogP contribution in [0.4, 0.5) is 0 Å². The van der Waals surface area contributed by atoms with Gasteiger partial charge in [0.05, 0.1) is 35.7 Å². The lowest BCUT2D eigenvalue weighted by atomic mass is 9.96. The van der Waals surface area contributed by atoms with Crippen LogP contribution >= 0.6 is 11.3 Å². The summed E-state index contributed by atoms with van der Waals surface area (Å²) < 4.78 is 6.99. The molecule has 1 fully saturated rings. The second-order valence-electron chi connectivity index (χ2n) is 7.58. The number of aryl methyl sites for hydroxylation is 1. The molecule has 1 aromatic carbocycles. The molecule has 158 valence electrons. The number of carbonyl (C=O) groups is 1. The van der Waals surface area contributed by atoms with Crippen molar-refractivity contribution in [3.63, 3.8) is 0 Å². The fourth-order valence-electron chi connectivity index (χ4n) is 3.72. The van der Waals surface area contributed by atoms with E-state index in [1.165, 1.54) is 0 Å². The zero-order valence-electron chi connectivity index (χ0n) is 17.4. The third-order valence-electron chi connectivity index (χ3n) is 5.44. The number of hydrogen-bond acceptors (Lipinski definition) is 6. The number of aromatic nitrogens is 3. The average molecular weight is 426 g/mol. The number of nitrogens with one attached hydrogen (secondary N) is 1. The van der Waals surface area contributed by atoms with Crippen molar-refractivity contribution in [1.29, 1.82) is 0 Å². The van der Waals surface area contributed by atoms with E-state index >= 15 is 0 Å². The maximum Gasteiger partial charge on any atom is 0.223 e. The second-order valence-corrected chi connectivity index (χ2v) is 8.64. The largest absolute Gasteiger partial charge is 0.497 e. The Balaban J connectivity index is 1.23. The zero-order chi connectivity index (χ0) is 20.9. The Morgan fingerprint density at radius 3 is 2.63 bits per heavy atom. The van der Waals surface area contributed by atoms with Crippen LogP contribution in [0.25, 0.3) is 5.69 Å². The van der Waals surface area contributed by atoms with Crippen molar-refractivity contribution in [2.75, 3.05) is 20.2 Å². The number of nitrogens with zero attached hydrogens (tertiary/aromatic N) is 4. The molecule has 0 bridgehead atoms. The SMILES string of the molecule is COc1ccc(-n2ccc(CNC(=O)C3CCN(Cc4csc(C)n4)CC3)n2)cc1. The van der Waals surface area contributed by atoms with Crippen LogP contribution in [0.2, 0.25) is 0 Å². The van der Waals surface area contributed by atoms with Gasteiger partial charge in [0.15, 0.2) is 0 Å². The lowest BCUT2D eigenvalue weighted by molar-refractivity contribution is -0.126. The number of likely N-dealkylation sites (tertiary alicyclic amines) is 1. The molecule has 1 saturated heterocycles. The van der Waals surface area contributed by atoms with Gasteiger partial charge in [0.2, 0.25) is 5.91 Å². The molecular weight excluding hydrogens is 398 g/mol. The molecule has 1 amide bonds. The normalized spacial score (nSPS) is 15.3. The van der Waals surface area contributed by atoms with Gasteiger partial charge in [0.25, 0.3) is 0 Å². The minimum absolute atomic E-state index is 0.0714. The Kier molecular flexibility index (Phi) is 6.44. The topological polar surface area (TPSA) is 72.3 Å². The molecule has 7 nitrogen and oxygen atoms in total. The Hall–Kier alpha value is -2.71. The van der Waals surface area contributed by atoms with Gasteiger partial charge in [-0.25, -0.2) is 9.67 Å². The molecule has 0 saturated carbocycles. The van der Waals surface area contributed by atoms with E-state index in [0.29, 0.717) is 6.54 Å². The molecule has 1 aliphatic rings. The van der Waals surface area contributed by atoms with Gasteiger partial charge in [-0.3, -0.25) is 9.69 Å². The third kappa shape index (κ3) is 5.06. The second kappa shape index (κ2) is 9.40. The number of ether oxygens (including phenoxy) is 1. The number of methoxy groups -OCH3 is 1. The number of rotatable bonds is 7. The Morgan fingerprint density at radius 1 is 1.20 bits per heavy atom. The molecule has 30 heavy (non-hydrogen) atoms. The molecule has 0 spiro atoms. The number of hydrogen-bond donors (Lipinski definition) is 1. The van der Waals surface area contributed by atoms with Gasteiger partial charge in [-0.05, 0) is 63.2 Å². The smallest absolute Gasteiger partial charge is 0.223 e. The van der Waals surface area contributed by atoms with E-state index in [2.05, 4.69) is 25.7 Å². The molecular formula is C22H27N5O2S. The van der Waals surface area contributed by atoms with Crippen molar-refractivity contribution in [2.24, 2.45) is 5.92 Å². The van der Waals surface area contributed by atoms with Crippen molar-refractivity contribution in [3.05, 3.63) is 58.3 Å². The summed E-state index contributed by atoms with van der Waals surface area (Å²) in [5.41, 5.74) is 2.93. The maximum absolute atomic E-state index is 12.6. The summed E-state index contributed by atoms with van der Waals surface area (Å²) in [5, 5.41) is 10.8. The summed E-state index contributed by atoms with van der Waals surface area (Å²) in [6.07, 6.45) is 3.67. The molecule has 4 rings (SSSR count). The molecule has 0 unspecified atom stereocenters. The van der Waals surface area contributed by atoms with Gasteiger partial charge in [-0.15, -0.1) is 11.3 Å². The first-order valence-corrected chi connectivity index (χ1v) is 11.1. The van der Waals surface area contributed by atoms with Crippen molar-refractivity contribution < 1.29 is 9.53 Å². The minimum Gasteiger partial charge on any atom is -0.497 e. The van der Waals surface area contributed by atoms with E-state index in [1.54, 1.807) is 23.1 Å². The standard InChI is InChI=1S/C22H27N5O2S/c1-16-24-19(15-30-16)14-26-10-7-17(8-11-26)22(28)23-13-18-9-12-27(25-18)20-3-5-21(29-2)6-4-20/h3-6,9,12,15,17H,7-8,10-11,13-14H2,1-2H3,(H,23,28). The maximum atomic E-state index is 12.6. The van der Waals surface area contributed by atoms with E-state index < -0.39 is 0 Å². The number of amides is 1. The summed E-state index contributed by atoms with van der Waals surface area (Å²) in [6.45, 7) is 5.22. The Labute approximate surface area is 180 Å². The Bertz CT molecular complexity index is 974. The summed E-state index contributed by atoms with van der Waals surface area (Å²) >= 11 is 1.69. The zero-order valence-corrected chi connectivity index (χ0v) is 18.2. The minimum atomic E-state index is 0.0714. The summed E-state index contributed by atoms with van der Waals surface area (Å²) in [7, 11) is 1.65.